The van der Waals surface area contributed by atoms with Crippen LogP contribution in [-0.2, 0) is 6.61 Å². The zero-order chi connectivity index (χ0) is 14.7. The van der Waals surface area contributed by atoms with Crippen LogP contribution in [-0.4, -0.2) is 13.5 Å². The van der Waals surface area contributed by atoms with Crippen LogP contribution in [0.1, 0.15) is 15.9 Å². The van der Waals surface area contributed by atoms with Crippen molar-refractivity contribution >= 4 is 25.1 Å². The first-order valence-electron chi connectivity index (χ1n) is 5.85. The summed E-state index contributed by atoms with van der Waals surface area (Å²) in [4.78, 5) is 11.2. The highest BCUT2D eigenvalue weighted by atomic mass is 35.5. The van der Waals surface area contributed by atoms with E-state index in [1.54, 1.807) is 24.3 Å². The maximum absolute atomic E-state index is 14.0. The first-order valence-corrected chi connectivity index (χ1v) is 6.23. The number of hydrogen-bond acceptors (Lipinski definition) is 2. The molecular formula is C14H10BClF2O2. The number of halogens is 3. The fourth-order valence-electron chi connectivity index (χ4n) is 1.76. The number of carbonyl (C=O) groups excluding carboxylic acids is 1. The van der Waals surface area contributed by atoms with Crippen LogP contribution in [0, 0.1) is 11.6 Å². The minimum absolute atomic E-state index is 0.0699. The molecule has 20 heavy (non-hydrogen) atoms. The quantitative estimate of drug-likeness (QED) is 0.810. The molecule has 0 amide bonds. The van der Waals surface area contributed by atoms with E-state index >= 15 is 0 Å². The van der Waals surface area contributed by atoms with Gasteiger partial charge in [0.05, 0.1) is 5.56 Å². The zero-order valence-corrected chi connectivity index (χ0v) is 11.4. The molecule has 6 heteroatoms. The maximum Gasteiger partial charge on any atom is 0.193 e. The SMILES string of the molecule is BC(=O)c1c(F)ccc(OCc2cccc(Cl)c2)c1F. The van der Waals surface area contributed by atoms with Crippen LogP contribution in [0.25, 0.3) is 0 Å². The summed E-state index contributed by atoms with van der Waals surface area (Å²) in [5.41, 5.74) is -0.535. The Labute approximate surface area is 120 Å². The Balaban J connectivity index is 2.22. The first-order chi connectivity index (χ1) is 9.49. The molecule has 0 fully saturated rings. The van der Waals surface area contributed by atoms with E-state index in [2.05, 4.69) is 0 Å². The molecular weight excluding hydrogens is 284 g/mol. The van der Waals surface area contributed by atoms with Gasteiger partial charge in [0.15, 0.2) is 19.4 Å². The molecule has 0 unspecified atom stereocenters. The van der Waals surface area contributed by atoms with Crippen molar-refractivity contribution in [3.05, 3.63) is 64.2 Å². The molecule has 0 radical (unpaired) electrons. The van der Waals surface area contributed by atoms with Crippen LogP contribution < -0.4 is 4.74 Å². The van der Waals surface area contributed by atoms with Gasteiger partial charge in [0.25, 0.3) is 0 Å². The molecule has 2 nitrogen and oxygen atoms in total. The summed E-state index contributed by atoms with van der Waals surface area (Å²) >= 11 is 5.82. The van der Waals surface area contributed by atoms with Gasteiger partial charge in [-0.1, -0.05) is 23.7 Å². The van der Waals surface area contributed by atoms with Crippen LogP contribution in [0.4, 0.5) is 8.78 Å². The largest absolute Gasteiger partial charge is 0.486 e. The van der Waals surface area contributed by atoms with E-state index in [1.807, 2.05) is 0 Å². The number of carbonyl (C=O) groups is 1. The lowest BCUT2D eigenvalue weighted by atomic mass is 9.93. The van der Waals surface area contributed by atoms with Gasteiger partial charge < -0.3 is 9.53 Å². The molecule has 0 bridgehead atoms. The molecule has 0 saturated heterocycles. The fourth-order valence-corrected chi connectivity index (χ4v) is 1.97. The van der Waals surface area contributed by atoms with E-state index in [0.717, 1.165) is 25.5 Å². The highest BCUT2D eigenvalue weighted by Crippen LogP contribution is 2.24. The average molecular weight is 294 g/mol. The standard InChI is InChI=1S/C14H10BClF2O2/c15-14(19)12-10(17)4-5-11(13(12)18)20-7-8-2-1-3-9(16)6-8/h1-6H,7,15H2. The van der Waals surface area contributed by atoms with E-state index in [4.69, 9.17) is 16.3 Å². The van der Waals surface area contributed by atoms with Gasteiger partial charge in [0.1, 0.15) is 18.1 Å². The van der Waals surface area contributed by atoms with Crippen LogP contribution in [0.5, 0.6) is 5.75 Å². The van der Waals surface area contributed by atoms with Gasteiger partial charge in [-0.2, -0.15) is 0 Å². The van der Waals surface area contributed by atoms with E-state index in [9.17, 15) is 13.6 Å². The maximum atomic E-state index is 14.0. The lowest BCUT2D eigenvalue weighted by molar-refractivity contribution is 0.107. The summed E-state index contributed by atoms with van der Waals surface area (Å²) in [5.74, 6) is -2.05. The van der Waals surface area contributed by atoms with E-state index in [1.165, 1.54) is 0 Å². The Morgan fingerprint density at radius 3 is 2.65 bits per heavy atom. The lowest BCUT2D eigenvalue weighted by Crippen LogP contribution is -2.08. The number of rotatable bonds is 4. The number of ether oxygens (including phenoxy) is 1. The Morgan fingerprint density at radius 2 is 2.00 bits per heavy atom. The second-order valence-electron chi connectivity index (χ2n) is 4.21. The van der Waals surface area contributed by atoms with Gasteiger partial charge in [0.2, 0.25) is 0 Å². The molecule has 0 saturated carbocycles. The highest BCUT2D eigenvalue weighted by Gasteiger charge is 2.18. The summed E-state index contributed by atoms with van der Waals surface area (Å²) in [6.07, 6.45) is 0. The minimum atomic E-state index is -0.987. The van der Waals surface area contributed by atoms with Gasteiger partial charge in [0, 0.05) is 5.02 Å². The summed E-state index contributed by atoms with van der Waals surface area (Å²) in [6, 6.07) is 9.04. The Kier molecular flexibility index (Phi) is 4.40. The van der Waals surface area contributed by atoms with Crippen molar-refractivity contribution in [2.45, 2.75) is 6.61 Å². The van der Waals surface area contributed by atoms with Crippen molar-refractivity contribution in [1.82, 2.24) is 0 Å². The van der Waals surface area contributed by atoms with E-state index < -0.39 is 22.9 Å². The minimum Gasteiger partial charge on any atom is -0.486 e. The third-order valence-electron chi connectivity index (χ3n) is 2.69. The van der Waals surface area contributed by atoms with Crippen LogP contribution in [0.2, 0.25) is 5.02 Å². The molecule has 2 aromatic carbocycles. The molecule has 0 heterocycles. The van der Waals surface area contributed by atoms with Gasteiger partial charge in [-0.25, -0.2) is 8.78 Å². The average Bonchev–Trinajstić information content (AvgIpc) is 2.37. The molecule has 0 aromatic heterocycles. The van der Waals surface area contributed by atoms with Gasteiger partial charge in [-0.3, -0.25) is 0 Å². The molecule has 0 spiro atoms. The van der Waals surface area contributed by atoms with Gasteiger partial charge in [-0.15, -0.1) is 0 Å². The zero-order valence-electron chi connectivity index (χ0n) is 10.6. The van der Waals surface area contributed by atoms with Crippen molar-refractivity contribution in [2.75, 3.05) is 0 Å². The topological polar surface area (TPSA) is 26.3 Å². The lowest BCUT2D eigenvalue weighted by Gasteiger charge is -2.10. The predicted molar refractivity (Wildman–Crippen MR) is 75.0 cm³/mol. The molecule has 0 aliphatic rings. The third kappa shape index (κ3) is 3.17. The highest BCUT2D eigenvalue weighted by molar-refractivity contribution is 6.62. The molecule has 0 aliphatic heterocycles. The molecule has 0 atom stereocenters. The second kappa shape index (κ2) is 6.05. The fraction of sp³-hybridized carbons (Fsp3) is 0.0714. The number of hydrogen-bond donors (Lipinski definition) is 0. The van der Waals surface area contributed by atoms with Crippen molar-refractivity contribution in [3.63, 3.8) is 0 Å². The van der Waals surface area contributed by atoms with E-state index in [-0.39, 0.29) is 12.4 Å². The Bertz CT molecular complexity index is 662. The third-order valence-corrected chi connectivity index (χ3v) is 2.93. The summed E-state index contributed by atoms with van der Waals surface area (Å²) in [7, 11) is 1.10. The summed E-state index contributed by atoms with van der Waals surface area (Å²) < 4.78 is 32.6. The Hall–Kier alpha value is -1.88. The number of benzene rings is 2. The van der Waals surface area contributed by atoms with Crippen LogP contribution in [0.3, 0.4) is 0 Å². The normalized spacial score (nSPS) is 10.3. The summed E-state index contributed by atoms with van der Waals surface area (Å²) in [6.45, 7) is 0.0699. The summed E-state index contributed by atoms with van der Waals surface area (Å²) in [5, 5.41) is 0.537. The molecule has 2 rings (SSSR count). The monoisotopic (exact) mass is 294 g/mol. The molecule has 102 valence electrons. The van der Waals surface area contributed by atoms with Gasteiger partial charge >= 0.3 is 0 Å². The molecule has 2 aromatic rings. The predicted octanol–water partition coefficient (Wildman–Crippen LogP) is 2.97. The van der Waals surface area contributed by atoms with Crippen LogP contribution >= 0.6 is 11.6 Å². The van der Waals surface area contributed by atoms with Crippen molar-refractivity contribution in [3.8, 4) is 5.75 Å². The van der Waals surface area contributed by atoms with Crippen molar-refractivity contribution in [2.24, 2.45) is 0 Å². The van der Waals surface area contributed by atoms with Crippen LogP contribution in [0.15, 0.2) is 36.4 Å². The second-order valence-corrected chi connectivity index (χ2v) is 4.65. The first kappa shape index (κ1) is 14.5. The van der Waals surface area contributed by atoms with Crippen molar-refractivity contribution < 1.29 is 18.3 Å². The smallest absolute Gasteiger partial charge is 0.193 e. The van der Waals surface area contributed by atoms with Gasteiger partial charge in [-0.05, 0) is 29.8 Å². The molecule has 0 aliphatic carbocycles. The van der Waals surface area contributed by atoms with Crippen molar-refractivity contribution in [1.29, 1.82) is 0 Å². The molecule has 0 N–H and O–H groups in total. The Morgan fingerprint density at radius 1 is 1.25 bits per heavy atom. The van der Waals surface area contributed by atoms with E-state index in [0.29, 0.717) is 5.02 Å².